The summed E-state index contributed by atoms with van der Waals surface area (Å²) in [5, 5.41) is 5.96. The number of hydrogen-bond acceptors (Lipinski definition) is 5. The minimum atomic E-state index is -0.934. The molecule has 32 heavy (non-hydrogen) atoms. The van der Waals surface area contributed by atoms with Gasteiger partial charge >= 0.3 is 0 Å². The molecule has 0 bridgehead atoms. The van der Waals surface area contributed by atoms with Crippen molar-refractivity contribution in [2.24, 2.45) is 0 Å². The van der Waals surface area contributed by atoms with Gasteiger partial charge in [0.1, 0.15) is 5.54 Å². The Kier molecular flexibility index (Phi) is 7.34. The van der Waals surface area contributed by atoms with E-state index in [-0.39, 0.29) is 17.7 Å². The van der Waals surface area contributed by atoms with Gasteiger partial charge in [0.15, 0.2) is 0 Å². The second kappa shape index (κ2) is 10.0. The van der Waals surface area contributed by atoms with E-state index in [0.29, 0.717) is 54.1 Å². The van der Waals surface area contributed by atoms with Crippen LogP contribution in [0.1, 0.15) is 41.8 Å². The number of nitrogens with zero attached hydrogens (tertiary/aromatic N) is 1. The Bertz CT molecular complexity index is 1040. The number of ether oxygens (including phenoxy) is 1. The highest BCUT2D eigenvalue weighted by atomic mass is 79.9. The molecule has 2 N–H and O–H groups in total. The Hall–Kier alpha value is -1.75. The van der Waals surface area contributed by atoms with Crippen molar-refractivity contribution in [2.75, 3.05) is 30.0 Å². The molecule has 3 amide bonds. The van der Waals surface area contributed by atoms with E-state index in [0.717, 1.165) is 22.3 Å². The van der Waals surface area contributed by atoms with Gasteiger partial charge < -0.3 is 20.3 Å². The molecule has 0 radical (unpaired) electrons. The second-order valence-corrected chi connectivity index (χ2v) is 11.2. The van der Waals surface area contributed by atoms with E-state index in [1.807, 2.05) is 12.1 Å². The Morgan fingerprint density at radius 1 is 1.09 bits per heavy atom. The molecule has 4 rings (SSSR count). The normalized spacial score (nSPS) is 18.3. The Labute approximate surface area is 207 Å². The number of benzene rings is 1. The second-order valence-electron chi connectivity index (χ2n) is 7.88. The minimum absolute atomic E-state index is 0.00724. The zero-order valence-corrected chi connectivity index (χ0v) is 21.3. The molecule has 1 aliphatic heterocycles. The van der Waals surface area contributed by atoms with Crippen molar-refractivity contribution in [3.8, 4) is 0 Å². The van der Waals surface area contributed by atoms with Crippen molar-refractivity contribution in [1.29, 1.82) is 0 Å². The van der Waals surface area contributed by atoms with Gasteiger partial charge in [-0.25, -0.2) is 0 Å². The molecule has 1 aromatic carbocycles. The molecular formula is C22H23Br2N3O4S. The standard InChI is InChI=1S/C22H23Br2N3O4S/c23-15-13-14(3-4-16(15)27-10-12-31-11-7-19(27)28)25-21(30)22(8-1-2-9-22)26-20(29)17-5-6-18(24)32-17/h3-6,13H,1-2,7-12H2,(H,25,30)(H,26,29). The van der Waals surface area contributed by atoms with E-state index in [4.69, 9.17) is 4.74 Å². The molecule has 1 aromatic heterocycles. The zero-order valence-electron chi connectivity index (χ0n) is 17.3. The summed E-state index contributed by atoms with van der Waals surface area (Å²) < 4.78 is 6.97. The average molecular weight is 585 g/mol. The lowest BCUT2D eigenvalue weighted by molar-refractivity contribution is -0.122. The first-order valence-electron chi connectivity index (χ1n) is 10.4. The fraction of sp³-hybridized carbons (Fsp3) is 0.409. The number of rotatable bonds is 5. The number of carbonyl (C=O) groups excluding carboxylic acids is 3. The summed E-state index contributed by atoms with van der Waals surface area (Å²) in [4.78, 5) is 40.7. The molecule has 2 aromatic rings. The number of halogens is 2. The third kappa shape index (κ3) is 5.08. The minimum Gasteiger partial charge on any atom is -0.379 e. The van der Waals surface area contributed by atoms with Crippen LogP contribution in [0.2, 0.25) is 0 Å². The van der Waals surface area contributed by atoms with Crippen LogP contribution in [0.25, 0.3) is 0 Å². The molecule has 1 aliphatic carbocycles. The van der Waals surface area contributed by atoms with Crippen LogP contribution in [0.3, 0.4) is 0 Å². The highest BCUT2D eigenvalue weighted by molar-refractivity contribution is 9.11. The third-order valence-corrected chi connectivity index (χ3v) is 8.02. The largest absolute Gasteiger partial charge is 0.379 e. The first kappa shape index (κ1) is 23.4. The molecule has 1 saturated carbocycles. The summed E-state index contributed by atoms with van der Waals surface area (Å²) in [6.07, 6.45) is 3.29. The molecule has 0 spiro atoms. The van der Waals surface area contributed by atoms with Gasteiger partial charge in [0, 0.05) is 16.7 Å². The van der Waals surface area contributed by atoms with Crippen molar-refractivity contribution in [3.63, 3.8) is 0 Å². The van der Waals surface area contributed by atoms with Crippen molar-refractivity contribution < 1.29 is 19.1 Å². The van der Waals surface area contributed by atoms with Gasteiger partial charge in [0.2, 0.25) is 11.8 Å². The van der Waals surface area contributed by atoms with E-state index in [2.05, 4.69) is 42.5 Å². The summed E-state index contributed by atoms with van der Waals surface area (Å²) >= 11 is 8.25. The molecule has 0 unspecified atom stereocenters. The fourth-order valence-electron chi connectivity index (χ4n) is 4.09. The summed E-state index contributed by atoms with van der Waals surface area (Å²) in [5.74, 6) is -0.457. The van der Waals surface area contributed by atoms with Crippen LogP contribution < -0.4 is 15.5 Å². The average Bonchev–Trinajstić information content (AvgIpc) is 3.36. The van der Waals surface area contributed by atoms with Crippen LogP contribution in [0.4, 0.5) is 11.4 Å². The van der Waals surface area contributed by atoms with E-state index in [1.165, 1.54) is 11.3 Å². The van der Waals surface area contributed by atoms with Crippen molar-refractivity contribution in [3.05, 3.63) is 43.5 Å². The lowest BCUT2D eigenvalue weighted by Crippen LogP contribution is -2.54. The lowest BCUT2D eigenvalue weighted by Gasteiger charge is -2.29. The SMILES string of the molecule is O=C(NC1(C(=O)Nc2ccc(N3CCOCCC3=O)c(Br)c2)CCCC1)c1ccc(Br)s1. The van der Waals surface area contributed by atoms with Crippen LogP contribution in [-0.2, 0) is 14.3 Å². The monoisotopic (exact) mass is 583 g/mol. The van der Waals surface area contributed by atoms with Gasteiger partial charge in [0.25, 0.3) is 5.91 Å². The van der Waals surface area contributed by atoms with E-state index < -0.39 is 5.54 Å². The van der Waals surface area contributed by atoms with Crippen LogP contribution in [0, 0.1) is 0 Å². The summed E-state index contributed by atoms with van der Waals surface area (Å²) in [7, 11) is 0. The predicted molar refractivity (Wildman–Crippen MR) is 131 cm³/mol. The van der Waals surface area contributed by atoms with Gasteiger partial charge in [-0.05, 0) is 75.0 Å². The summed E-state index contributed by atoms with van der Waals surface area (Å²) in [6.45, 7) is 1.40. The van der Waals surface area contributed by atoms with Crippen LogP contribution in [0.15, 0.2) is 38.6 Å². The van der Waals surface area contributed by atoms with Gasteiger partial charge in [0.05, 0.1) is 34.0 Å². The van der Waals surface area contributed by atoms with Gasteiger partial charge in [-0.1, -0.05) is 12.8 Å². The molecule has 170 valence electrons. The van der Waals surface area contributed by atoms with Crippen LogP contribution >= 0.6 is 43.2 Å². The van der Waals surface area contributed by atoms with Gasteiger partial charge in [-0.3, -0.25) is 14.4 Å². The smallest absolute Gasteiger partial charge is 0.262 e. The fourth-order valence-corrected chi connectivity index (χ4v) is 5.96. The molecule has 2 heterocycles. The molecule has 7 nitrogen and oxygen atoms in total. The van der Waals surface area contributed by atoms with E-state index in [1.54, 1.807) is 23.1 Å². The maximum atomic E-state index is 13.3. The number of anilines is 2. The first-order chi connectivity index (χ1) is 15.4. The highest BCUT2D eigenvalue weighted by Gasteiger charge is 2.43. The molecule has 2 aliphatic rings. The van der Waals surface area contributed by atoms with E-state index in [9.17, 15) is 14.4 Å². The maximum Gasteiger partial charge on any atom is 0.262 e. The molecule has 0 atom stereocenters. The van der Waals surface area contributed by atoms with Crippen molar-refractivity contribution in [2.45, 2.75) is 37.6 Å². The lowest BCUT2D eigenvalue weighted by atomic mass is 9.95. The van der Waals surface area contributed by atoms with Crippen LogP contribution in [-0.4, -0.2) is 43.0 Å². The zero-order chi connectivity index (χ0) is 22.7. The molecular weight excluding hydrogens is 562 g/mol. The number of carbonyl (C=O) groups is 3. The third-order valence-electron chi connectivity index (χ3n) is 5.76. The topological polar surface area (TPSA) is 87.7 Å². The Morgan fingerprint density at radius 2 is 1.88 bits per heavy atom. The summed E-state index contributed by atoms with van der Waals surface area (Å²) in [5.41, 5.74) is 0.408. The van der Waals surface area contributed by atoms with E-state index >= 15 is 0 Å². The van der Waals surface area contributed by atoms with Gasteiger partial charge in [-0.2, -0.15) is 0 Å². The predicted octanol–water partition coefficient (Wildman–Crippen LogP) is 4.71. The number of thiophene rings is 1. The number of hydrogen-bond donors (Lipinski definition) is 2. The quantitative estimate of drug-likeness (QED) is 0.533. The van der Waals surface area contributed by atoms with Crippen molar-refractivity contribution in [1.82, 2.24) is 5.32 Å². The maximum absolute atomic E-state index is 13.3. The molecule has 2 fully saturated rings. The summed E-state index contributed by atoms with van der Waals surface area (Å²) in [6, 6.07) is 8.94. The number of nitrogens with one attached hydrogen (secondary N) is 2. The van der Waals surface area contributed by atoms with Crippen molar-refractivity contribution >= 4 is 72.3 Å². The first-order valence-corrected chi connectivity index (χ1v) is 12.9. The Morgan fingerprint density at radius 3 is 2.56 bits per heavy atom. The highest BCUT2D eigenvalue weighted by Crippen LogP contribution is 2.34. The van der Waals surface area contributed by atoms with Gasteiger partial charge in [-0.15, -0.1) is 11.3 Å². The molecule has 1 saturated heterocycles. The molecule has 10 heteroatoms. The number of amides is 3. The Balaban J connectivity index is 1.49. The van der Waals surface area contributed by atoms with Crippen LogP contribution in [0.5, 0.6) is 0 Å².